The lowest BCUT2D eigenvalue weighted by molar-refractivity contribution is -0.265. The summed E-state index contributed by atoms with van der Waals surface area (Å²) in [6.07, 6.45) is 1.13. The van der Waals surface area contributed by atoms with Crippen molar-refractivity contribution in [1.29, 1.82) is 0 Å². The van der Waals surface area contributed by atoms with Crippen molar-refractivity contribution in [3.63, 3.8) is 0 Å². The average Bonchev–Trinajstić information content (AvgIpc) is 2.16. The molecular formula is C10H25N3O. The van der Waals surface area contributed by atoms with E-state index < -0.39 is 0 Å². The van der Waals surface area contributed by atoms with Gasteiger partial charge in [0.15, 0.2) is 0 Å². The van der Waals surface area contributed by atoms with Gasteiger partial charge in [0.05, 0.1) is 6.61 Å². The predicted octanol–water partition coefficient (Wildman–Crippen LogP) is 1.06. The second-order valence-corrected chi connectivity index (χ2v) is 3.59. The first kappa shape index (κ1) is 13.8. The minimum atomic E-state index is 0.724. The molecule has 0 aliphatic carbocycles. The van der Waals surface area contributed by atoms with Gasteiger partial charge >= 0.3 is 0 Å². The second-order valence-electron chi connectivity index (χ2n) is 3.59. The molecular weight excluding hydrogens is 178 g/mol. The number of hydrazine groups is 1. The molecule has 0 radical (unpaired) electrons. The van der Waals surface area contributed by atoms with Crippen molar-refractivity contribution in [3.05, 3.63) is 0 Å². The monoisotopic (exact) mass is 203 g/mol. The molecule has 0 atom stereocenters. The van der Waals surface area contributed by atoms with Crippen LogP contribution in [0, 0.1) is 0 Å². The molecule has 0 aliphatic rings. The average molecular weight is 203 g/mol. The second kappa shape index (κ2) is 8.17. The van der Waals surface area contributed by atoms with E-state index >= 15 is 0 Å². The van der Waals surface area contributed by atoms with Crippen LogP contribution in [-0.2, 0) is 4.84 Å². The van der Waals surface area contributed by atoms with Crippen LogP contribution in [0.25, 0.3) is 0 Å². The number of hydrogen-bond donors (Lipinski definition) is 0. The highest BCUT2D eigenvalue weighted by Gasteiger charge is 2.06. The Morgan fingerprint density at radius 1 is 1.00 bits per heavy atom. The molecule has 0 spiro atoms. The molecule has 4 nitrogen and oxygen atoms in total. The molecule has 0 amide bonds. The first-order valence-electron chi connectivity index (χ1n) is 5.38. The third-order valence-electron chi connectivity index (χ3n) is 2.15. The summed E-state index contributed by atoms with van der Waals surface area (Å²) in [5.41, 5.74) is 0. The molecule has 0 aliphatic heterocycles. The van der Waals surface area contributed by atoms with Crippen LogP contribution in [0.1, 0.15) is 20.3 Å². The Morgan fingerprint density at radius 2 is 1.64 bits per heavy atom. The van der Waals surface area contributed by atoms with Gasteiger partial charge in [-0.25, -0.2) is 5.01 Å². The zero-order chi connectivity index (χ0) is 11.0. The maximum Gasteiger partial charge on any atom is 0.0673 e. The van der Waals surface area contributed by atoms with Crippen LogP contribution in [0.15, 0.2) is 0 Å². The Balaban J connectivity index is 3.60. The zero-order valence-corrected chi connectivity index (χ0v) is 10.3. The van der Waals surface area contributed by atoms with Crippen molar-refractivity contribution < 1.29 is 4.84 Å². The van der Waals surface area contributed by atoms with Crippen LogP contribution in [-0.4, -0.2) is 62.5 Å². The molecule has 0 fully saturated rings. The third kappa shape index (κ3) is 6.32. The number of nitrogens with zero attached hydrogens (tertiary/aromatic N) is 3. The molecule has 0 unspecified atom stereocenters. The van der Waals surface area contributed by atoms with Gasteiger partial charge in [0, 0.05) is 20.6 Å². The molecule has 0 heterocycles. The normalized spacial score (nSPS) is 12.0. The molecule has 0 N–H and O–H groups in total. The molecule has 86 valence electrons. The Hall–Kier alpha value is -0.160. The molecule has 0 aromatic rings. The van der Waals surface area contributed by atoms with E-state index in [2.05, 4.69) is 18.9 Å². The van der Waals surface area contributed by atoms with Gasteiger partial charge in [0.2, 0.25) is 0 Å². The van der Waals surface area contributed by atoms with Crippen LogP contribution in [0.4, 0.5) is 0 Å². The summed E-state index contributed by atoms with van der Waals surface area (Å²) in [7, 11) is 6.14. The van der Waals surface area contributed by atoms with E-state index in [0.29, 0.717) is 0 Å². The number of rotatable bonds is 8. The summed E-state index contributed by atoms with van der Waals surface area (Å²) >= 11 is 0. The lowest BCUT2D eigenvalue weighted by atomic mass is 10.4. The van der Waals surface area contributed by atoms with Gasteiger partial charge in [-0.15, -0.1) is 5.17 Å². The van der Waals surface area contributed by atoms with Gasteiger partial charge in [-0.05, 0) is 33.5 Å². The minimum absolute atomic E-state index is 0.724. The van der Waals surface area contributed by atoms with Crippen LogP contribution in [0.5, 0.6) is 0 Å². The van der Waals surface area contributed by atoms with E-state index in [-0.39, 0.29) is 0 Å². The first-order chi connectivity index (χ1) is 6.61. The van der Waals surface area contributed by atoms with Gasteiger partial charge in [-0.2, -0.15) is 0 Å². The number of hydrogen-bond acceptors (Lipinski definition) is 4. The van der Waals surface area contributed by atoms with Gasteiger partial charge in [0.25, 0.3) is 0 Å². The van der Waals surface area contributed by atoms with Crippen molar-refractivity contribution >= 4 is 0 Å². The Bertz CT molecular complexity index is 131. The van der Waals surface area contributed by atoms with Crippen molar-refractivity contribution in [2.75, 3.05) is 47.4 Å². The maximum absolute atomic E-state index is 5.46. The fourth-order valence-electron chi connectivity index (χ4n) is 1.16. The van der Waals surface area contributed by atoms with E-state index in [1.54, 1.807) is 0 Å². The molecule has 0 rings (SSSR count). The largest absolute Gasteiger partial charge is 0.307 e. The van der Waals surface area contributed by atoms with Crippen LogP contribution >= 0.6 is 0 Å². The molecule has 0 saturated carbocycles. The van der Waals surface area contributed by atoms with Crippen LogP contribution in [0.3, 0.4) is 0 Å². The topological polar surface area (TPSA) is 19.0 Å². The summed E-state index contributed by atoms with van der Waals surface area (Å²) in [5.74, 6) is 0. The Labute approximate surface area is 88.3 Å². The number of hydroxylamine groups is 1. The lowest BCUT2D eigenvalue weighted by Crippen LogP contribution is -2.38. The maximum atomic E-state index is 5.46. The van der Waals surface area contributed by atoms with E-state index in [9.17, 15) is 0 Å². The van der Waals surface area contributed by atoms with E-state index in [0.717, 1.165) is 32.7 Å². The summed E-state index contributed by atoms with van der Waals surface area (Å²) in [6, 6.07) is 0. The SMILES string of the molecule is CCON(CCCN(C)CC)N(C)C. The highest BCUT2D eigenvalue weighted by molar-refractivity contribution is 4.49. The Morgan fingerprint density at radius 3 is 2.07 bits per heavy atom. The van der Waals surface area contributed by atoms with Gasteiger partial charge < -0.3 is 4.90 Å². The summed E-state index contributed by atoms with van der Waals surface area (Å²) in [4.78, 5) is 7.76. The van der Waals surface area contributed by atoms with Gasteiger partial charge in [0.1, 0.15) is 0 Å². The smallest absolute Gasteiger partial charge is 0.0673 e. The predicted molar refractivity (Wildman–Crippen MR) is 59.8 cm³/mol. The highest BCUT2D eigenvalue weighted by Crippen LogP contribution is 1.97. The molecule has 0 saturated heterocycles. The summed E-state index contributed by atoms with van der Waals surface area (Å²) in [6.45, 7) is 8.08. The van der Waals surface area contributed by atoms with Gasteiger partial charge in [-0.1, -0.05) is 6.92 Å². The molecule has 0 aromatic heterocycles. The van der Waals surface area contributed by atoms with E-state index in [1.165, 1.54) is 0 Å². The molecule has 0 bridgehead atoms. The minimum Gasteiger partial charge on any atom is -0.307 e. The summed E-state index contributed by atoms with van der Waals surface area (Å²) in [5, 5.41) is 3.89. The van der Waals surface area contributed by atoms with Crippen molar-refractivity contribution in [2.45, 2.75) is 20.3 Å². The zero-order valence-electron chi connectivity index (χ0n) is 10.3. The van der Waals surface area contributed by atoms with Crippen molar-refractivity contribution in [3.8, 4) is 0 Å². The van der Waals surface area contributed by atoms with Crippen molar-refractivity contribution in [2.24, 2.45) is 0 Å². The molecule has 0 aromatic carbocycles. The summed E-state index contributed by atoms with van der Waals surface area (Å²) < 4.78 is 0. The first-order valence-corrected chi connectivity index (χ1v) is 5.38. The fraction of sp³-hybridized carbons (Fsp3) is 1.00. The fourth-order valence-corrected chi connectivity index (χ4v) is 1.16. The standard InChI is InChI=1S/C10H25N3O/c1-6-12(5)9-8-10-13(11(3)4)14-7-2/h6-10H2,1-5H3. The third-order valence-corrected chi connectivity index (χ3v) is 2.15. The molecule has 4 heteroatoms. The van der Waals surface area contributed by atoms with Gasteiger partial charge in [-0.3, -0.25) is 4.84 Å². The lowest BCUT2D eigenvalue weighted by Gasteiger charge is -2.27. The molecule has 14 heavy (non-hydrogen) atoms. The van der Waals surface area contributed by atoms with Crippen LogP contribution < -0.4 is 0 Å². The highest BCUT2D eigenvalue weighted by atomic mass is 16.7. The van der Waals surface area contributed by atoms with Crippen LogP contribution in [0.2, 0.25) is 0 Å². The Kier molecular flexibility index (Phi) is 8.08. The van der Waals surface area contributed by atoms with E-state index in [4.69, 9.17) is 4.84 Å². The van der Waals surface area contributed by atoms with Crippen molar-refractivity contribution in [1.82, 2.24) is 15.1 Å². The quantitative estimate of drug-likeness (QED) is 0.549. The van der Waals surface area contributed by atoms with E-state index in [1.807, 2.05) is 31.2 Å².